The van der Waals surface area contributed by atoms with E-state index < -0.39 is 0 Å². The first-order valence-electron chi connectivity index (χ1n) is 36.2. The molecule has 11 rings (SSSR count). The van der Waals surface area contributed by atoms with Crippen molar-refractivity contribution in [1.29, 1.82) is 0 Å². The maximum atomic E-state index is 13.4. The molecule has 3 aromatic carbocycles. The lowest BCUT2D eigenvalue weighted by Gasteiger charge is -2.49. The number of benzene rings is 3. The van der Waals surface area contributed by atoms with Crippen LogP contribution in [0.2, 0.25) is 0 Å². The smallest absolute Gasteiger partial charge is 0.272 e. The van der Waals surface area contributed by atoms with Gasteiger partial charge in [0.05, 0.1) is 42.4 Å². The number of aryl methyl sites for hydroxylation is 2. The van der Waals surface area contributed by atoms with Crippen molar-refractivity contribution in [2.75, 3.05) is 79.0 Å². The number of carbonyl (C=O) groups is 4. The first-order chi connectivity index (χ1) is 44.7. The maximum Gasteiger partial charge on any atom is 0.272 e. The molecule has 15 heteroatoms. The highest BCUT2D eigenvalue weighted by Crippen LogP contribution is 2.52. The quantitative estimate of drug-likeness (QED) is 0.0986. The average Bonchev–Trinajstić information content (AvgIpc) is 0.840. The van der Waals surface area contributed by atoms with Crippen LogP contribution < -0.4 is 10.6 Å². The van der Waals surface area contributed by atoms with E-state index in [0.717, 1.165) is 51.6 Å². The van der Waals surface area contributed by atoms with Gasteiger partial charge in [-0.1, -0.05) is 135 Å². The summed E-state index contributed by atoms with van der Waals surface area (Å²) in [6, 6.07) is 26.9. The molecule has 2 aromatic heterocycles. The van der Waals surface area contributed by atoms with Crippen molar-refractivity contribution >= 4 is 23.6 Å². The Hall–Kier alpha value is -6.16. The van der Waals surface area contributed by atoms with Gasteiger partial charge in [0.25, 0.3) is 11.8 Å². The van der Waals surface area contributed by atoms with Crippen LogP contribution in [-0.4, -0.2) is 146 Å². The highest BCUT2D eigenvalue weighted by atomic mass is 16.2. The summed E-state index contributed by atoms with van der Waals surface area (Å²) in [7, 11) is 5.35. The third-order valence-electron chi connectivity index (χ3n) is 22.5. The van der Waals surface area contributed by atoms with E-state index in [4.69, 9.17) is 0 Å². The Morgan fingerprint density at radius 1 is 0.553 bits per heavy atom. The van der Waals surface area contributed by atoms with E-state index in [0.29, 0.717) is 40.6 Å². The van der Waals surface area contributed by atoms with Crippen LogP contribution in [0.25, 0.3) is 0 Å². The summed E-state index contributed by atoms with van der Waals surface area (Å²) in [4.78, 5) is 67.0. The van der Waals surface area contributed by atoms with Crippen LogP contribution in [0.15, 0.2) is 97.7 Å². The Kier molecular flexibility index (Phi) is 23.7. The largest absolute Gasteiger partial charge is 0.359 e. The first-order valence-corrected chi connectivity index (χ1v) is 36.2. The number of hydrogen-bond acceptors (Lipinski definition) is 9. The Morgan fingerprint density at radius 2 is 0.968 bits per heavy atom. The SMILES string of the molecule is CCN(C(=O)CCC(=O)NC)[C@H]1CCC2(CCN(CCC(C)(C)C)CC2)c2ccccc21.CCN(C(=O)c1cncn1C)[C@H]1CCC2(CCN(CCC(C)(C)C)CC2)c2ccccc21.Cn1cc(C(=O)N[C@@H]2CCC3(CCN(CCC(C)(C)C)CC3)c3ccccc32)cn1.[HH].[HH]. The molecule has 4 amide bonds. The third-order valence-corrected chi connectivity index (χ3v) is 22.5. The number of fused-ring (bicyclic) bond motifs is 6. The Balaban J connectivity index is 0.000000201. The fourth-order valence-corrected chi connectivity index (χ4v) is 16.4. The standard InChI is InChI=1S/C27H40N4O.C27H43N3O2.C25H36N4O.2H2/c1-6-31(25(32)24-19-28-20-29(24)5)23-11-12-27(22-10-8-7-9-21(22)23)14-17-30(18-15-27)16-13-26(2,3)4;1-6-30(25(32)12-11-24(31)28-5)23-13-14-27(22-10-8-7-9-21(22)23)16-19-29(20-17-27)18-15-26(2,3)4;1-24(2,3)11-14-29-15-12-25(13-16-29)10-9-22(20-7-5-6-8-21(20)25)27-23(30)19-17-26-28(4)18-19;;/h7-10,19-20,23H,6,11-18H2,1-5H3;7-10,23H,6,11-20H2,1-5H3,(H,28,31);5-8,17-18,22H,9-16H2,1-4H3,(H,27,30);2*1H/t2*23-;22-;;/m001../s1. The highest BCUT2D eigenvalue weighted by molar-refractivity contribution is 5.94. The van der Waals surface area contributed by atoms with Gasteiger partial charge in [-0.2, -0.15) is 5.10 Å². The van der Waals surface area contributed by atoms with E-state index >= 15 is 0 Å². The van der Waals surface area contributed by atoms with Crippen molar-refractivity contribution in [1.82, 2.24) is 54.5 Å². The van der Waals surface area contributed by atoms with Gasteiger partial charge in [-0.25, -0.2) is 4.98 Å². The fraction of sp³-hybridized carbons (Fsp3) is 0.646. The second-order valence-corrected chi connectivity index (χ2v) is 32.5. The lowest BCUT2D eigenvalue weighted by molar-refractivity contribution is -0.136. The molecule has 3 atom stereocenters. The zero-order valence-corrected chi connectivity index (χ0v) is 60.4. The normalized spacial score (nSPS) is 20.9. The number of carbonyl (C=O) groups excluding carboxylic acids is 4. The lowest BCUT2D eigenvalue weighted by Crippen LogP contribution is -2.47. The molecule has 3 spiro atoms. The number of likely N-dealkylation sites (tertiary alicyclic amines) is 3. The van der Waals surface area contributed by atoms with Crippen LogP contribution in [0.4, 0.5) is 0 Å². The molecule has 94 heavy (non-hydrogen) atoms. The molecule has 0 saturated carbocycles. The molecular formula is C79H123N11O4. The zero-order valence-electron chi connectivity index (χ0n) is 60.4. The van der Waals surface area contributed by atoms with Gasteiger partial charge in [0.1, 0.15) is 5.69 Å². The third kappa shape index (κ3) is 17.7. The van der Waals surface area contributed by atoms with Crippen molar-refractivity contribution in [3.05, 3.63) is 142 Å². The summed E-state index contributed by atoms with van der Waals surface area (Å²) >= 11 is 0. The van der Waals surface area contributed by atoms with Gasteiger partial charge >= 0.3 is 0 Å². The van der Waals surface area contributed by atoms with Gasteiger partial charge in [-0.3, -0.25) is 23.9 Å². The van der Waals surface area contributed by atoms with E-state index in [1.54, 1.807) is 36.6 Å². The van der Waals surface area contributed by atoms with Crippen LogP contribution in [0.1, 0.15) is 261 Å². The summed E-state index contributed by atoms with van der Waals surface area (Å²) in [5, 5.41) is 10.0. The average molecular weight is 1290 g/mol. The van der Waals surface area contributed by atoms with Crippen LogP contribution in [0, 0.1) is 16.2 Å². The van der Waals surface area contributed by atoms with Gasteiger partial charge in [0.15, 0.2) is 0 Å². The van der Waals surface area contributed by atoms with Gasteiger partial charge < -0.3 is 39.7 Å². The number of nitrogens with zero attached hydrogens (tertiary/aromatic N) is 9. The van der Waals surface area contributed by atoms with E-state index in [9.17, 15) is 19.2 Å². The molecule has 0 bridgehead atoms. The molecule has 3 aliphatic carbocycles. The van der Waals surface area contributed by atoms with Crippen molar-refractivity contribution in [2.45, 2.75) is 220 Å². The van der Waals surface area contributed by atoms with Crippen LogP contribution in [0.3, 0.4) is 0 Å². The van der Waals surface area contributed by atoms with Gasteiger partial charge in [0.2, 0.25) is 11.8 Å². The van der Waals surface area contributed by atoms with Gasteiger partial charge in [0, 0.05) is 56.1 Å². The second kappa shape index (κ2) is 30.9. The molecule has 5 heterocycles. The fourth-order valence-electron chi connectivity index (χ4n) is 16.4. The molecular weight excluding hydrogens is 1170 g/mol. The predicted molar refractivity (Wildman–Crippen MR) is 385 cm³/mol. The summed E-state index contributed by atoms with van der Waals surface area (Å²) in [5.41, 5.74) is 11.7. The summed E-state index contributed by atoms with van der Waals surface area (Å²) in [6.07, 6.45) is 24.9. The van der Waals surface area contributed by atoms with Crippen molar-refractivity contribution in [3.63, 3.8) is 0 Å². The number of hydrogen-bond donors (Lipinski definition) is 2. The Bertz CT molecular complexity index is 3310. The lowest BCUT2D eigenvalue weighted by atomic mass is 9.63. The maximum absolute atomic E-state index is 13.4. The van der Waals surface area contributed by atoms with Crippen molar-refractivity contribution < 1.29 is 22.0 Å². The molecule has 518 valence electrons. The Labute approximate surface area is 568 Å². The molecule has 3 saturated heterocycles. The van der Waals surface area contributed by atoms with Crippen molar-refractivity contribution in [3.8, 4) is 0 Å². The van der Waals surface area contributed by atoms with E-state index in [1.807, 2.05) is 23.6 Å². The minimum Gasteiger partial charge on any atom is -0.359 e. The molecule has 15 nitrogen and oxygen atoms in total. The van der Waals surface area contributed by atoms with E-state index in [1.165, 1.54) is 137 Å². The monoisotopic (exact) mass is 1290 g/mol. The molecule has 6 aliphatic rings. The molecule has 0 radical (unpaired) electrons. The minimum atomic E-state index is -0.0735. The van der Waals surface area contributed by atoms with Crippen LogP contribution >= 0.6 is 0 Å². The topological polar surface area (TPSA) is 144 Å². The Morgan fingerprint density at radius 3 is 1.36 bits per heavy atom. The molecule has 3 aliphatic heterocycles. The van der Waals surface area contributed by atoms with E-state index in [-0.39, 0.29) is 73.7 Å². The summed E-state index contributed by atoms with van der Waals surface area (Å²) < 4.78 is 3.50. The van der Waals surface area contributed by atoms with Gasteiger partial charge in [-0.15, -0.1) is 0 Å². The summed E-state index contributed by atoms with van der Waals surface area (Å²) in [6.45, 7) is 37.1. The number of aromatic nitrogens is 4. The number of piperidine rings is 3. The summed E-state index contributed by atoms with van der Waals surface area (Å²) in [5.74, 6) is 0.0654. The van der Waals surface area contributed by atoms with Crippen LogP contribution in [-0.2, 0) is 39.9 Å². The number of imidazole rings is 1. The molecule has 5 aromatic rings. The number of rotatable bonds is 16. The molecule has 3 fully saturated rings. The second-order valence-electron chi connectivity index (χ2n) is 32.5. The first kappa shape index (κ1) is 72.1. The minimum absolute atomic E-state index is 0. The number of nitrogens with one attached hydrogen (secondary N) is 2. The van der Waals surface area contributed by atoms with Crippen LogP contribution in [0.5, 0.6) is 0 Å². The van der Waals surface area contributed by atoms with Gasteiger partial charge in [-0.05, 0) is 235 Å². The zero-order chi connectivity index (χ0) is 67.6. The molecule has 0 unspecified atom stereocenters. The predicted octanol–water partition coefficient (Wildman–Crippen LogP) is 14.8. The van der Waals surface area contributed by atoms with E-state index in [2.05, 4.69) is 189 Å². The highest BCUT2D eigenvalue weighted by Gasteiger charge is 2.47. The molecule has 2 N–H and O–H groups in total. The van der Waals surface area contributed by atoms with Crippen molar-refractivity contribution in [2.24, 2.45) is 30.3 Å². The number of amides is 4.